The van der Waals surface area contributed by atoms with Crippen molar-refractivity contribution in [3.63, 3.8) is 0 Å². The van der Waals surface area contributed by atoms with Crippen molar-refractivity contribution >= 4 is 8.80 Å². The van der Waals surface area contributed by atoms with Crippen LogP contribution in [0.15, 0.2) is 134 Å². The van der Waals surface area contributed by atoms with Gasteiger partial charge in [-0.05, 0) is 47.7 Å². The van der Waals surface area contributed by atoms with Gasteiger partial charge in [0.05, 0.1) is 6.61 Å². The third-order valence-corrected chi connectivity index (χ3v) is 7.19. The maximum atomic E-state index is 6.47. The van der Waals surface area contributed by atoms with Crippen LogP contribution in [-0.4, -0.2) is 22.1 Å². The summed E-state index contributed by atoms with van der Waals surface area (Å²) in [6, 6.07) is 37.0. The van der Waals surface area contributed by atoms with Gasteiger partial charge in [-0.25, -0.2) is 0 Å². The van der Waals surface area contributed by atoms with Crippen molar-refractivity contribution in [3.8, 4) is 17.2 Å². The molecule has 1 atom stereocenters. The van der Waals surface area contributed by atoms with Gasteiger partial charge >= 0.3 is 15.0 Å². The molecule has 0 aliphatic rings. The highest BCUT2D eigenvalue weighted by atomic mass is 28.4. The molecule has 0 aliphatic heterocycles. The summed E-state index contributed by atoms with van der Waals surface area (Å²) in [5, 5.41) is 0. The van der Waals surface area contributed by atoms with E-state index >= 15 is 0 Å². The highest BCUT2D eigenvalue weighted by Gasteiger charge is 2.53. The van der Waals surface area contributed by atoms with Gasteiger partial charge < -0.3 is 23.1 Å². The number of benzene rings is 4. The van der Waals surface area contributed by atoms with E-state index in [1.807, 2.05) is 84.9 Å². The Hall–Kier alpha value is -3.88. The van der Waals surface area contributed by atoms with Crippen LogP contribution >= 0.6 is 0 Å². The fourth-order valence-corrected chi connectivity index (χ4v) is 4.74. The molecule has 0 N–H and O–H groups in total. The van der Waals surface area contributed by atoms with Gasteiger partial charge in [0, 0.05) is 7.11 Å². The van der Waals surface area contributed by atoms with Crippen molar-refractivity contribution in [1.29, 1.82) is 0 Å². The van der Waals surface area contributed by atoms with Crippen molar-refractivity contribution in [2.75, 3.05) is 7.11 Å². The van der Waals surface area contributed by atoms with E-state index in [-0.39, 0.29) is 6.61 Å². The van der Waals surface area contributed by atoms with Crippen LogP contribution in [0.2, 0.25) is 0 Å². The van der Waals surface area contributed by atoms with E-state index in [0.29, 0.717) is 17.2 Å². The summed E-state index contributed by atoms with van der Waals surface area (Å²) >= 11 is 0. The summed E-state index contributed by atoms with van der Waals surface area (Å²) < 4.78 is 37.3. The second-order valence-corrected chi connectivity index (χ2v) is 10.1. The molecule has 4 aromatic carbocycles. The molecule has 0 aliphatic carbocycles. The molecule has 0 saturated heterocycles. The Morgan fingerprint density at radius 2 is 1.03 bits per heavy atom. The molecule has 0 fully saturated rings. The first-order chi connectivity index (χ1) is 17.6. The van der Waals surface area contributed by atoms with Crippen molar-refractivity contribution in [2.45, 2.75) is 12.8 Å². The lowest BCUT2D eigenvalue weighted by molar-refractivity contribution is -0.381. The van der Waals surface area contributed by atoms with Crippen molar-refractivity contribution in [2.24, 2.45) is 0 Å². The molecule has 0 heterocycles. The SMILES string of the molecule is C=C[Si](OC)(OCc1ccccc1)OC(Oc1ccccc1)(Oc1ccccc1)Oc1ccccc1. The topological polar surface area (TPSA) is 55.4 Å². The summed E-state index contributed by atoms with van der Waals surface area (Å²) in [7, 11) is -2.14. The quantitative estimate of drug-likeness (QED) is 0.157. The molecule has 0 aromatic heterocycles. The molecule has 0 bridgehead atoms. The van der Waals surface area contributed by atoms with Crippen LogP contribution in [0.5, 0.6) is 17.2 Å². The minimum Gasteiger partial charge on any atom is -0.397 e. The summed E-state index contributed by atoms with van der Waals surface area (Å²) in [6.45, 7) is 4.17. The van der Waals surface area contributed by atoms with Crippen LogP contribution in [0.25, 0.3) is 0 Å². The lowest BCUT2D eigenvalue weighted by Gasteiger charge is -2.37. The van der Waals surface area contributed by atoms with Crippen LogP contribution in [0, 0.1) is 0 Å². The number of ether oxygens (including phenoxy) is 3. The smallest absolute Gasteiger partial charge is 0.397 e. The Balaban J connectivity index is 1.74. The third-order valence-electron chi connectivity index (χ3n) is 5.04. The van der Waals surface area contributed by atoms with E-state index < -0.39 is 15.0 Å². The molecule has 36 heavy (non-hydrogen) atoms. The van der Waals surface area contributed by atoms with Gasteiger partial charge in [0.1, 0.15) is 17.2 Å². The Kier molecular flexibility index (Phi) is 8.54. The van der Waals surface area contributed by atoms with Crippen molar-refractivity contribution in [1.82, 2.24) is 0 Å². The minimum absolute atomic E-state index is 0.227. The normalized spacial score (nSPS) is 12.8. The predicted octanol–water partition coefficient (Wildman–Crippen LogP) is 6.38. The van der Waals surface area contributed by atoms with Gasteiger partial charge in [-0.3, -0.25) is 4.43 Å². The third kappa shape index (κ3) is 6.84. The van der Waals surface area contributed by atoms with Crippen LogP contribution in [0.1, 0.15) is 5.56 Å². The van der Waals surface area contributed by atoms with E-state index in [1.165, 1.54) is 12.8 Å². The molecule has 4 rings (SSSR count). The van der Waals surface area contributed by atoms with Crippen LogP contribution in [0.4, 0.5) is 0 Å². The maximum Gasteiger partial charge on any atom is 0.553 e. The zero-order chi connectivity index (χ0) is 25.1. The summed E-state index contributed by atoms with van der Waals surface area (Å²) in [4.78, 5) is 0. The Labute approximate surface area is 212 Å². The molecule has 0 radical (unpaired) electrons. The summed E-state index contributed by atoms with van der Waals surface area (Å²) in [5.41, 5.74) is 2.46. The second kappa shape index (κ2) is 12.2. The molecule has 184 valence electrons. The zero-order valence-corrected chi connectivity index (χ0v) is 21.0. The standard InChI is InChI=1S/C29H28O6Si/c1-3-36(30-2,31-24-25-16-8-4-9-17-25)35-29(32-26-18-10-5-11-19-26,33-27-20-12-6-13-21-27)34-28-22-14-7-15-23-28/h3-23H,1,24H2,2H3. The lowest BCUT2D eigenvalue weighted by atomic mass is 10.2. The van der Waals surface area contributed by atoms with Crippen molar-refractivity contribution in [3.05, 3.63) is 139 Å². The maximum absolute atomic E-state index is 6.47. The van der Waals surface area contributed by atoms with Gasteiger partial charge in [0.2, 0.25) is 0 Å². The number of para-hydroxylation sites is 3. The first kappa shape index (κ1) is 25.2. The molecule has 7 heteroatoms. The van der Waals surface area contributed by atoms with Crippen LogP contribution in [-0.2, 0) is 19.9 Å². The monoisotopic (exact) mass is 500 g/mol. The Bertz CT molecular complexity index is 1090. The van der Waals surface area contributed by atoms with Crippen LogP contribution in [0.3, 0.4) is 0 Å². The summed E-state index contributed by atoms with van der Waals surface area (Å²) in [6.07, 6.45) is -2.11. The van der Waals surface area contributed by atoms with E-state index in [0.717, 1.165) is 5.56 Å². The number of rotatable bonds is 13. The second-order valence-electron chi connectivity index (χ2n) is 7.63. The largest absolute Gasteiger partial charge is 0.553 e. The van der Waals surface area contributed by atoms with E-state index in [2.05, 4.69) is 6.58 Å². The van der Waals surface area contributed by atoms with Crippen molar-refractivity contribution < 1.29 is 27.5 Å². The summed E-state index contributed by atoms with van der Waals surface area (Å²) in [5.74, 6) is 1.36. The zero-order valence-electron chi connectivity index (χ0n) is 20.0. The van der Waals surface area contributed by atoms with Gasteiger partial charge in [-0.15, -0.1) is 0 Å². The molecule has 0 spiro atoms. The number of hydrogen-bond acceptors (Lipinski definition) is 6. The van der Waals surface area contributed by atoms with Gasteiger partial charge in [0.25, 0.3) is 0 Å². The predicted molar refractivity (Wildman–Crippen MR) is 139 cm³/mol. The number of hydrogen-bond donors (Lipinski definition) is 0. The molecule has 6 nitrogen and oxygen atoms in total. The lowest BCUT2D eigenvalue weighted by Crippen LogP contribution is -2.60. The molecule has 0 saturated carbocycles. The van der Waals surface area contributed by atoms with Crippen LogP contribution < -0.4 is 14.2 Å². The molecule has 0 amide bonds. The van der Waals surface area contributed by atoms with Gasteiger partial charge in [-0.1, -0.05) is 91.5 Å². The first-order valence-electron chi connectivity index (χ1n) is 11.4. The van der Waals surface area contributed by atoms with Gasteiger partial charge in [0.15, 0.2) is 0 Å². The van der Waals surface area contributed by atoms with E-state index in [4.69, 9.17) is 27.5 Å². The minimum atomic E-state index is -3.63. The highest BCUT2D eigenvalue weighted by molar-refractivity contribution is 6.66. The highest BCUT2D eigenvalue weighted by Crippen LogP contribution is 2.31. The Morgan fingerprint density at radius 3 is 1.39 bits per heavy atom. The van der Waals surface area contributed by atoms with E-state index in [1.54, 1.807) is 36.4 Å². The molecule has 4 aromatic rings. The fourth-order valence-electron chi connectivity index (χ4n) is 3.27. The Morgan fingerprint density at radius 1 is 0.639 bits per heavy atom. The molecular formula is C29H28O6Si. The molecule has 1 unspecified atom stereocenters. The van der Waals surface area contributed by atoms with E-state index in [9.17, 15) is 0 Å². The molecular weight excluding hydrogens is 472 g/mol. The average molecular weight is 501 g/mol. The average Bonchev–Trinajstić information content (AvgIpc) is 2.93. The fraction of sp³-hybridized carbons (Fsp3) is 0.103. The van der Waals surface area contributed by atoms with Gasteiger partial charge in [-0.2, -0.15) is 0 Å². The first-order valence-corrected chi connectivity index (χ1v) is 13.2.